The lowest BCUT2D eigenvalue weighted by atomic mass is 9.95. The van der Waals surface area contributed by atoms with Crippen molar-refractivity contribution in [1.82, 2.24) is 9.80 Å². The maximum atomic E-state index is 3.61. The highest BCUT2D eigenvalue weighted by Gasteiger charge is 2.23. The van der Waals surface area contributed by atoms with Crippen LogP contribution < -0.4 is 0 Å². The summed E-state index contributed by atoms with van der Waals surface area (Å²) in [5.74, 6) is 0.797. The molecule has 0 spiro atoms. The van der Waals surface area contributed by atoms with Crippen LogP contribution >= 0.6 is 15.9 Å². The van der Waals surface area contributed by atoms with Gasteiger partial charge >= 0.3 is 0 Å². The van der Waals surface area contributed by atoms with Crippen LogP contribution in [-0.2, 0) is 0 Å². The van der Waals surface area contributed by atoms with Crippen LogP contribution in [0.2, 0.25) is 0 Å². The first-order valence-corrected chi connectivity index (χ1v) is 7.56. The smallest absolute Gasteiger partial charge is 0.0110 e. The number of nitrogens with zero attached hydrogens (tertiary/aromatic N) is 2. The zero-order chi connectivity index (χ0) is 12.2. The van der Waals surface area contributed by atoms with E-state index in [4.69, 9.17) is 0 Å². The summed E-state index contributed by atoms with van der Waals surface area (Å²) in [6.45, 7) is 16.7. The fourth-order valence-electron chi connectivity index (χ4n) is 2.29. The number of alkyl halides is 1. The fourth-order valence-corrected chi connectivity index (χ4v) is 2.47. The largest absolute Gasteiger partial charge is 0.301 e. The van der Waals surface area contributed by atoms with E-state index in [9.17, 15) is 0 Å². The maximum absolute atomic E-state index is 3.61. The first kappa shape index (κ1) is 14.5. The van der Waals surface area contributed by atoms with Crippen LogP contribution in [0.25, 0.3) is 0 Å². The van der Waals surface area contributed by atoms with Gasteiger partial charge in [0.1, 0.15) is 0 Å². The SMILES string of the molecule is CC(C)CN1CCN(CC(C)(C)CBr)CC1. The molecule has 1 heterocycles. The van der Waals surface area contributed by atoms with Crippen molar-refractivity contribution in [2.75, 3.05) is 44.6 Å². The molecule has 0 radical (unpaired) electrons. The number of rotatable bonds is 5. The van der Waals surface area contributed by atoms with Gasteiger partial charge in [-0.25, -0.2) is 0 Å². The lowest BCUT2D eigenvalue weighted by Gasteiger charge is -2.39. The van der Waals surface area contributed by atoms with Crippen LogP contribution in [0.4, 0.5) is 0 Å². The van der Waals surface area contributed by atoms with Crippen LogP contribution in [0.3, 0.4) is 0 Å². The van der Waals surface area contributed by atoms with Gasteiger partial charge in [-0.15, -0.1) is 0 Å². The molecule has 16 heavy (non-hydrogen) atoms. The molecule has 96 valence electrons. The average molecular weight is 291 g/mol. The molecule has 0 N–H and O–H groups in total. The Morgan fingerprint density at radius 1 is 1.06 bits per heavy atom. The molecule has 1 saturated heterocycles. The third-order valence-electron chi connectivity index (χ3n) is 3.10. The predicted molar refractivity (Wildman–Crippen MR) is 75.3 cm³/mol. The van der Waals surface area contributed by atoms with Gasteiger partial charge in [0.15, 0.2) is 0 Å². The molecule has 0 aromatic carbocycles. The van der Waals surface area contributed by atoms with E-state index >= 15 is 0 Å². The number of halogens is 1. The summed E-state index contributed by atoms with van der Waals surface area (Å²) < 4.78 is 0. The van der Waals surface area contributed by atoms with Gasteiger partial charge in [0.05, 0.1) is 0 Å². The summed E-state index contributed by atoms with van der Waals surface area (Å²) in [6, 6.07) is 0. The second-order valence-electron chi connectivity index (χ2n) is 6.27. The van der Waals surface area contributed by atoms with Crippen molar-refractivity contribution in [3.05, 3.63) is 0 Å². The molecule has 2 nitrogen and oxygen atoms in total. The van der Waals surface area contributed by atoms with Crippen molar-refractivity contribution in [1.29, 1.82) is 0 Å². The van der Waals surface area contributed by atoms with Crippen LogP contribution in [0.5, 0.6) is 0 Å². The lowest BCUT2D eigenvalue weighted by Crippen LogP contribution is -2.49. The van der Waals surface area contributed by atoms with Gasteiger partial charge in [0.25, 0.3) is 0 Å². The van der Waals surface area contributed by atoms with E-state index in [1.54, 1.807) is 0 Å². The second kappa shape index (κ2) is 6.36. The quantitative estimate of drug-likeness (QED) is 0.719. The molecule has 1 fully saturated rings. The van der Waals surface area contributed by atoms with Crippen LogP contribution in [-0.4, -0.2) is 54.4 Å². The molecular weight excluding hydrogens is 264 g/mol. The number of hydrogen-bond acceptors (Lipinski definition) is 2. The lowest BCUT2D eigenvalue weighted by molar-refractivity contribution is 0.0968. The zero-order valence-corrected chi connectivity index (χ0v) is 12.9. The van der Waals surface area contributed by atoms with Gasteiger partial charge in [0.2, 0.25) is 0 Å². The maximum Gasteiger partial charge on any atom is 0.0110 e. The highest BCUT2D eigenvalue weighted by Crippen LogP contribution is 2.20. The molecule has 1 aliphatic rings. The minimum absolute atomic E-state index is 0.403. The summed E-state index contributed by atoms with van der Waals surface area (Å²) >= 11 is 3.61. The molecule has 0 bridgehead atoms. The van der Waals surface area contributed by atoms with E-state index < -0.39 is 0 Å². The topological polar surface area (TPSA) is 6.48 Å². The third-order valence-corrected chi connectivity index (χ3v) is 4.62. The minimum Gasteiger partial charge on any atom is -0.301 e. The Morgan fingerprint density at radius 3 is 2.00 bits per heavy atom. The second-order valence-corrected chi connectivity index (χ2v) is 6.83. The number of hydrogen-bond donors (Lipinski definition) is 0. The first-order chi connectivity index (χ1) is 7.43. The van der Waals surface area contributed by atoms with E-state index in [0.29, 0.717) is 5.41 Å². The van der Waals surface area contributed by atoms with Gasteiger partial charge in [-0.2, -0.15) is 0 Å². The van der Waals surface area contributed by atoms with E-state index in [1.165, 1.54) is 39.3 Å². The molecule has 0 saturated carbocycles. The molecule has 1 rings (SSSR count). The van der Waals surface area contributed by atoms with Gasteiger partial charge in [-0.05, 0) is 11.3 Å². The van der Waals surface area contributed by atoms with Crippen molar-refractivity contribution in [3.63, 3.8) is 0 Å². The molecule has 0 amide bonds. The Labute approximate surface area is 109 Å². The molecule has 0 aromatic rings. The molecule has 0 aliphatic carbocycles. The van der Waals surface area contributed by atoms with Gasteiger partial charge in [-0.3, -0.25) is 0 Å². The summed E-state index contributed by atoms with van der Waals surface area (Å²) in [5.41, 5.74) is 0.403. The highest BCUT2D eigenvalue weighted by atomic mass is 79.9. The van der Waals surface area contributed by atoms with Crippen molar-refractivity contribution < 1.29 is 0 Å². The molecule has 0 aromatic heterocycles. The Bertz CT molecular complexity index is 196. The van der Waals surface area contributed by atoms with Gasteiger partial charge < -0.3 is 9.80 Å². The summed E-state index contributed by atoms with van der Waals surface area (Å²) in [6.07, 6.45) is 0. The summed E-state index contributed by atoms with van der Waals surface area (Å²) in [7, 11) is 0. The van der Waals surface area contributed by atoms with Gasteiger partial charge in [-0.1, -0.05) is 43.6 Å². The van der Waals surface area contributed by atoms with Crippen LogP contribution in [0, 0.1) is 11.3 Å². The molecule has 0 atom stereocenters. The Kier molecular flexibility index (Phi) is 5.75. The molecule has 3 heteroatoms. The highest BCUT2D eigenvalue weighted by molar-refractivity contribution is 9.09. The van der Waals surface area contributed by atoms with Crippen LogP contribution in [0.15, 0.2) is 0 Å². The van der Waals surface area contributed by atoms with E-state index in [0.717, 1.165) is 11.2 Å². The molecule has 0 unspecified atom stereocenters. The van der Waals surface area contributed by atoms with E-state index in [-0.39, 0.29) is 0 Å². The van der Waals surface area contributed by atoms with Crippen LogP contribution in [0.1, 0.15) is 27.7 Å². The standard InChI is InChI=1S/C13H27BrN2/c1-12(2)9-15-5-7-16(8-6-15)11-13(3,4)10-14/h12H,5-11H2,1-4H3. The van der Waals surface area contributed by atoms with E-state index in [1.807, 2.05) is 0 Å². The Hall–Kier alpha value is 0.400. The monoisotopic (exact) mass is 290 g/mol. The first-order valence-electron chi connectivity index (χ1n) is 6.43. The Morgan fingerprint density at radius 2 is 1.56 bits per heavy atom. The van der Waals surface area contributed by atoms with E-state index in [2.05, 4.69) is 53.4 Å². The normalized spacial score (nSPS) is 20.6. The van der Waals surface area contributed by atoms with Gasteiger partial charge in [0, 0.05) is 44.6 Å². The van der Waals surface area contributed by atoms with Crippen molar-refractivity contribution >= 4 is 15.9 Å². The van der Waals surface area contributed by atoms with Crippen molar-refractivity contribution in [3.8, 4) is 0 Å². The third kappa shape index (κ3) is 5.15. The molecular formula is C13H27BrN2. The number of piperazine rings is 1. The van der Waals surface area contributed by atoms with Crippen molar-refractivity contribution in [2.24, 2.45) is 11.3 Å². The summed E-state index contributed by atoms with van der Waals surface area (Å²) in [5, 5.41) is 1.09. The predicted octanol–water partition coefficient (Wildman–Crippen LogP) is 2.68. The Balaban J connectivity index is 2.27. The molecule has 1 aliphatic heterocycles. The van der Waals surface area contributed by atoms with Crippen molar-refractivity contribution in [2.45, 2.75) is 27.7 Å². The zero-order valence-electron chi connectivity index (χ0n) is 11.3. The average Bonchev–Trinajstić information content (AvgIpc) is 2.20. The fraction of sp³-hybridized carbons (Fsp3) is 1.00. The minimum atomic E-state index is 0.403. The summed E-state index contributed by atoms with van der Waals surface area (Å²) in [4.78, 5) is 5.21.